The van der Waals surface area contributed by atoms with Crippen LogP contribution in [0.15, 0.2) is 30.6 Å². The molecule has 18 heavy (non-hydrogen) atoms. The van der Waals surface area contributed by atoms with Crippen LogP contribution < -0.4 is 11.1 Å². The number of anilines is 2. The van der Waals surface area contributed by atoms with E-state index in [2.05, 4.69) is 10.3 Å². The number of hydrogen-bond acceptors (Lipinski definition) is 3. The lowest BCUT2D eigenvalue weighted by Gasteiger charge is -2.11. The van der Waals surface area contributed by atoms with Crippen molar-refractivity contribution in [3.05, 3.63) is 52.6 Å². The predicted octanol–water partition coefficient (Wildman–Crippen LogP) is 3.38. The van der Waals surface area contributed by atoms with E-state index in [0.29, 0.717) is 17.9 Å². The Morgan fingerprint density at radius 3 is 2.94 bits per heavy atom. The summed E-state index contributed by atoms with van der Waals surface area (Å²) in [6.07, 6.45) is 3.50. The van der Waals surface area contributed by atoms with Crippen molar-refractivity contribution in [2.45, 2.75) is 13.5 Å². The monoisotopic (exact) mass is 265 g/mol. The first-order chi connectivity index (χ1) is 8.58. The van der Waals surface area contributed by atoms with Crippen LogP contribution in [0.1, 0.15) is 11.1 Å². The van der Waals surface area contributed by atoms with Gasteiger partial charge in [-0.05, 0) is 30.2 Å². The third kappa shape index (κ3) is 2.71. The van der Waals surface area contributed by atoms with Crippen LogP contribution >= 0.6 is 11.6 Å². The fraction of sp³-hybridized carbons (Fsp3) is 0.154. The second kappa shape index (κ2) is 5.23. The number of pyridine rings is 1. The van der Waals surface area contributed by atoms with E-state index < -0.39 is 5.82 Å². The van der Waals surface area contributed by atoms with Gasteiger partial charge in [0.15, 0.2) is 0 Å². The fourth-order valence-electron chi connectivity index (χ4n) is 1.61. The minimum absolute atomic E-state index is 0.0261. The van der Waals surface area contributed by atoms with Gasteiger partial charge in [-0.25, -0.2) is 4.39 Å². The van der Waals surface area contributed by atoms with E-state index >= 15 is 0 Å². The van der Waals surface area contributed by atoms with Gasteiger partial charge in [0.1, 0.15) is 5.82 Å². The van der Waals surface area contributed by atoms with Crippen molar-refractivity contribution >= 4 is 23.0 Å². The Morgan fingerprint density at radius 1 is 1.44 bits per heavy atom. The summed E-state index contributed by atoms with van der Waals surface area (Å²) in [5.41, 5.74) is 8.88. The molecule has 1 heterocycles. The highest BCUT2D eigenvalue weighted by molar-refractivity contribution is 6.31. The second-order valence-electron chi connectivity index (χ2n) is 4.01. The molecule has 1 aromatic carbocycles. The van der Waals surface area contributed by atoms with Crippen LogP contribution in [0.2, 0.25) is 5.02 Å². The first-order valence-corrected chi connectivity index (χ1v) is 5.83. The van der Waals surface area contributed by atoms with Gasteiger partial charge in [0.05, 0.1) is 16.4 Å². The molecule has 0 unspecified atom stereocenters. The van der Waals surface area contributed by atoms with Crippen molar-refractivity contribution in [1.82, 2.24) is 4.98 Å². The minimum atomic E-state index is -0.486. The molecule has 0 aliphatic heterocycles. The SMILES string of the molecule is Cc1cnccc1CNc1cc(F)c(Cl)cc1N. The van der Waals surface area contributed by atoms with Gasteiger partial charge in [0.2, 0.25) is 0 Å². The molecule has 0 aliphatic rings. The number of nitrogen functional groups attached to an aromatic ring is 1. The number of halogens is 2. The third-order valence-electron chi connectivity index (χ3n) is 2.70. The number of benzene rings is 1. The Bertz CT molecular complexity index is 572. The molecule has 1 aromatic heterocycles. The maximum absolute atomic E-state index is 13.3. The molecule has 0 atom stereocenters. The number of nitrogens with one attached hydrogen (secondary N) is 1. The molecule has 2 aromatic rings. The van der Waals surface area contributed by atoms with Crippen LogP contribution in [-0.2, 0) is 6.54 Å². The summed E-state index contributed by atoms with van der Waals surface area (Å²) in [4.78, 5) is 4.01. The maximum atomic E-state index is 13.3. The van der Waals surface area contributed by atoms with Gasteiger partial charge in [-0.1, -0.05) is 11.6 Å². The van der Waals surface area contributed by atoms with E-state index in [1.54, 1.807) is 12.4 Å². The summed E-state index contributed by atoms with van der Waals surface area (Å²) < 4.78 is 13.3. The van der Waals surface area contributed by atoms with Crippen LogP contribution in [0.5, 0.6) is 0 Å². The molecular weight excluding hydrogens is 253 g/mol. The van der Waals surface area contributed by atoms with Crippen molar-refractivity contribution in [2.75, 3.05) is 11.1 Å². The second-order valence-corrected chi connectivity index (χ2v) is 4.42. The molecule has 3 nitrogen and oxygen atoms in total. The predicted molar refractivity (Wildman–Crippen MR) is 72.1 cm³/mol. The summed E-state index contributed by atoms with van der Waals surface area (Å²) in [6, 6.07) is 4.61. The van der Waals surface area contributed by atoms with E-state index in [1.807, 2.05) is 13.0 Å². The van der Waals surface area contributed by atoms with Crippen molar-refractivity contribution in [3.63, 3.8) is 0 Å². The van der Waals surface area contributed by atoms with Crippen LogP contribution in [0.3, 0.4) is 0 Å². The lowest BCUT2D eigenvalue weighted by Crippen LogP contribution is -2.04. The van der Waals surface area contributed by atoms with E-state index in [4.69, 9.17) is 17.3 Å². The molecule has 2 rings (SSSR count). The highest BCUT2D eigenvalue weighted by atomic mass is 35.5. The van der Waals surface area contributed by atoms with Crippen molar-refractivity contribution in [3.8, 4) is 0 Å². The summed E-state index contributed by atoms with van der Waals surface area (Å²) in [5, 5.41) is 3.11. The zero-order chi connectivity index (χ0) is 13.1. The van der Waals surface area contributed by atoms with Gasteiger partial charge in [-0.15, -0.1) is 0 Å². The molecule has 5 heteroatoms. The number of nitrogens with zero attached hydrogens (tertiary/aromatic N) is 1. The minimum Gasteiger partial charge on any atom is -0.397 e. The molecule has 0 spiro atoms. The number of aryl methyl sites for hydroxylation is 1. The molecule has 0 amide bonds. The Hall–Kier alpha value is -1.81. The number of nitrogens with two attached hydrogens (primary N) is 1. The Labute approximate surface area is 110 Å². The van der Waals surface area contributed by atoms with Gasteiger partial charge in [-0.2, -0.15) is 0 Å². The quantitative estimate of drug-likeness (QED) is 0.837. The van der Waals surface area contributed by atoms with Crippen LogP contribution in [0.25, 0.3) is 0 Å². The Balaban J connectivity index is 2.16. The fourth-order valence-corrected chi connectivity index (χ4v) is 1.78. The summed E-state index contributed by atoms with van der Waals surface area (Å²) in [6.45, 7) is 2.52. The Morgan fingerprint density at radius 2 is 2.22 bits per heavy atom. The van der Waals surface area contributed by atoms with Gasteiger partial charge < -0.3 is 11.1 Å². The average Bonchev–Trinajstić information content (AvgIpc) is 2.34. The van der Waals surface area contributed by atoms with Gasteiger partial charge >= 0.3 is 0 Å². The largest absolute Gasteiger partial charge is 0.397 e. The van der Waals surface area contributed by atoms with Gasteiger partial charge in [-0.3, -0.25) is 4.98 Å². The van der Waals surface area contributed by atoms with Crippen molar-refractivity contribution in [1.29, 1.82) is 0 Å². The zero-order valence-electron chi connectivity index (χ0n) is 9.87. The normalized spacial score (nSPS) is 10.4. The molecule has 0 fully saturated rings. The van der Waals surface area contributed by atoms with E-state index in [9.17, 15) is 4.39 Å². The number of hydrogen-bond donors (Lipinski definition) is 2. The van der Waals surface area contributed by atoms with Crippen LogP contribution in [0, 0.1) is 12.7 Å². The third-order valence-corrected chi connectivity index (χ3v) is 2.99. The van der Waals surface area contributed by atoms with E-state index in [-0.39, 0.29) is 5.02 Å². The van der Waals surface area contributed by atoms with E-state index in [1.165, 1.54) is 12.1 Å². The lowest BCUT2D eigenvalue weighted by molar-refractivity contribution is 0.629. The highest BCUT2D eigenvalue weighted by Crippen LogP contribution is 2.26. The molecule has 0 saturated carbocycles. The molecule has 0 aliphatic carbocycles. The summed E-state index contributed by atoms with van der Waals surface area (Å²) >= 11 is 5.64. The molecule has 94 valence electrons. The van der Waals surface area contributed by atoms with Gasteiger partial charge in [0, 0.05) is 25.0 Å². The zero-order valence-corrected chi connectivity index (χ0v) is 10.6. The van der Waals surface area contributed by atoms with Crippen molar-refractivity contribution < 1.29 is 4.39 Å². The summed E-state index contributed by atoms with van der Waals surface area (Å²) in [7, 11) is 0. The lowest BCUT2D eigenvalue weighted by atomic mass is 10.1. The maximum Gasteiger partial charge on any atom is 0.143 e. The molecule has 0 saturated heterocycles. The first-order valence-electron chi connectivity index (χ1n) is 5.46. The van der Waals surface area contributed by atoms with Crippen LogP contribution in [0.4, 0.5) is 15.8 Å². The van der Waals surface area contributed by atoms with E-state index in [0.717, 1.165) is 11.1 Å². The van der Waals surface area contributed by atoms with Crippen LogP contribution in [-0.4, -0.2) is 4.98 Å². The molecule has 3 N–H and O–H groups in total. The molecular formula is C13H13ClFN3. The molecule has 0 bridgehead atoms. The smallest absolute Gasteiger partial charge is 0.143 e. The van der Waals surface area contributed by atoms with Crippen molar-refractivity contribution in [2.24, 2.45) is 0 Å². The topological polar surface area (TPSA) is 50.9 Å². The number of aromatic nitrogens is 1. The first kappa shape index (κ1) is 12.6. The summed E-state index contributed by atoms with van der Waals surface area (Å²) in [5.74, 6) is -0.486. The molecule has 0 radical (unpaired) electrons. The average molecular weight is 266 g/mol. The standard InChI is InChI=1S/C13H13ClFN3/c1-8-6-17-3-2-9(8)7-18-13-5-11(15)10(14)4-12(13)16/h2-6,18H,7,16H2,1H3. The Kier molecular flexibility index (Phi) is 3.67. The highest BCUT2D eigenvalue weighted by Gasteiger charge is 2.06. The van der Waals surface area contributed by atoms with Gasteiger partial charge in [0.25, 0.3) is 0 Å². The number of rotatable bonds is 3.